The number of hydrogen-bond acceptors (Lipinski definition) is 2. The number of nitrogens with one attached hydrogen (secondary N) is 2. The Morgan fingerprint density at radius 3 is 2.42 bits per heavy atom. The molecule has 0 spiro atoms. The Labute approximate surface area is 109 Å². The number of hydrogen-bond donors (Lipinski definition) is 3. The van der Waals surface area contributed by atoms with Crippen LogP contribution in [-0.4, -0.2) is 23.7 Å². The fourth-order valence-electron chi connectivity index (χ4n) is 1.92. The lowest BCUT2D eigenvalue weighted by atomic mass is 10.1. The van der Waals surface area contributed by atoms with Crippen molar-refractivity contribution >= 4 is 12.0 Å². The quantitative estimate of drug-likeness (QED) is 0.757. The van der Waals surface area contributed by atoms with Crippen LogP contribution in [0, 0.1) is 5.82 Å². The van der Waals surface area contributed by atoms with Gasteiger partial charge >= 0.3 is 12.0 Å². The summed E-state index contributed by atoms with van der Waals surface area (Å²) in [6, 6.07) is 5.63. The number of urea groups is 1. The highest BCUT2D eigenvalue weighted by atomic mass is 19.1. The van der Waals surface area contributed by atoms with Crippen LogP contribution in [0.25, 0.3) is 0 Å². The zero-order chi connectivity index (χ0) is 13.9. The van der Waals surface area contributed by atoms with Crippen molar-refractivity contribution in [1.29, 1.82) is 0 Å². The van der Waals surface area contributed by atoms with Crippen LogP contribution in [0.3, 0.4) is 0 Å². The van der Waals surface area contributed by atoms with Crippen LogP contribution >= 0.6 is 0 Å². The number of halogens is 1. The second kappa shape index (κ2) is 5.26. The molecule has 0 aromatic heterocycles. The van der Waals surface area contributed by atoms with Crippen LogP contribution < -0.4 is 10.6 Å². The number of benzene rings is 1. The van der Waals surface area contributed by atoms with Gasteiger partial charge in [-0.1, -0.05) is 12.1 Å². The summed E-state index contributed by atoms with van der Waals surface area (Å²) in [5, 5.41) is 13.8. The highest BCUT2D eigenvalue weighted by Crippen LogP contribution is 2.45. The summed E-state index contributed by atoms with van der Waals surface area (Å²) >= 11 is 0. The minimum atomic E-state index is -0.958. The van der Waals surface area contributed by atoms with E-state index in [-0.39, 0.29) is 18.8 Å². The molecule has 6 heteroatoms. The third kappa shape index (κ3) is 3.43. The number of carboxylic acids is 1. The average molecular weight is 266 g/mol. The molecule has 0 unspecified atom stereocenters. The Bertz CT molecular complexity index is 483. The maximum atomic E-state index is 12.8. The van der Waals surface area contributed by atoms with E-state index in [9.17, 15) is 14.0 Å². The van der Waals surface area contributed by atoms with Crippen molar-refractivity contribution in [2.45, 2.75) is 24.8 Å². The van der Waals surface area contributed by atoms with Gasteiger partial charge in [0, 0.05) is 6.54 Å². The number of carbonyl (C=O) groups excluding carboxylic acids is 1. The molecular formula is C13H15FN2O3. The standard InChI is InChI=1S/C13H15FN2O3/c14-10-3-1-9(2-4-10)13(6-7-13)16-12(19)15-8-5-11(17)18/h1-4H,5-8H2,(H,17,18)(H2,15,16,19). The van der Waals surface area contributed by atoms with Crippen molar-refractivity contribution in [1.82, 2.24) is 10.6 Å². The third-order valence-corrected chi connectivity index (χ3v) is 3.12. The molecule has 1 aromatic rings. The van der Waals surface area contributed by atoms with Gasteiger partial charge in [0.15, 0.2) is 0 Å². The lowest BCUT2D eigenvalue weighted by Gasteiger charge is -2.18. The summed E-state index contributed by atoms with van der Waals surface area (Å²) in [5.41, 5.74) is 0.434. The predicted molar refractivity (Wildman–Crippen MR) is 66.1 cm³/mol. The first kappa shape index (κ1) is 13.3. The molecule has 1 aliphatic carbocycles. The lowest BCUT2D eigenvalue weighted by molar-refractivity contribution is -0.136. The Balaban J connectivity index is 1.89. The minimum absolute atomic E-state index is 0.0840. The van der Waals surface area contributed by atoms with Crippen LogP contribution in [0.4, 0.5) is 9.18 Å². The van der Waals surface area contributed by atoms with E-state index in [0.717, 1.165) is 18.4 Å². The first-order chi connectivity index (χ1) is 9.02. The Kier molecular flexibility index (Phi) is 3.69. The maximum Gasteiger partial charge on any atom is 0.315 e. The molecule has 0 aliphatic heterocycles. The molecule has 0 atom stereocenters. The highest BCUT2D eigenvalue weighted by Gasteiger charge is 2.45. The fraction of sp³-hybridized carbons (Fsp3) is 0.385. The predicted octanol–water partition coefficient (Wildman–Crippen LogP) is 1.59. The first-order valence-corrected chi connectivity index (χ1v) is 6.06. The molecule has 1 fully saturated rings. The molecule has 2 rings (SSSR count). The van der Waals surface area contributed by atoms with Crippen molar-refractivity contribution in [2.24, 2.45) is 0 Å². The zero-order valence-electron chi connectivity index (χ0n) is 10.3. The van der Waals surface area contributed by atoms with Gasteiger partial charge in [0.25, 0.3) is 0 Å². The molecule has 0 radical (unpaired) electrons. The smallest absolute Gasteiger partial charge is 0.315 e. The zero-order valence-corrected chi connectivity index (χ0v) is 10.3. The van der Waals surface area contributed by atoms with Gasteiger partial charge in [-0.25, -0.2) is 9.18 Å². The Morgan fingerprint density at radius 2 is 1.89 bits per heavy atom. The summed E-state index contributed by atoms with van der Waals surface area (Å²) in [4.78, 5) is 22.0. The normalized spacial score (nSPS) is 15.6. The van der Waals surface area contributed by atoms with Gasteiger partial charge in [0.05, 0.1) is 12.0 Å². The van der Waals surface area contributed by atoms with E-state index in [0.29, 0.717) is 0 Å². The van der Waals surface area contributed by atoms with Gasteiger partial charge in [-0.2, -0.15) is 0 Å². The molecule has 102 valence electrons. The lowest BCUT2D eigenvalue weighted by Crippen LogP contribution is -2.42. The van der Waals surface area contributed by atoms with Crippen molar-refractivity contribution < 1.29 is 19.1 Å². The van der Waals surface area contributed by atoms with Gasteiger partial charge < -0.3 is 15.7 Å². The average Bonchev–Trinajstić information content (AvgIpc) is 3.10. The summed E-state index contributed by atoms with van der Waals surface area (Å²) in [6.07, 6.45) is 1.48. The van der Waals surface area contributed by atoms with E-state index in [1.165, 1.54) is 12.1 Å². The molecule has 3 N–H and O–H groups in total. The van der Waals surface area contributed by atoms with E-state index in [1.807, 2.05) is 0 Å². The Morgan fingerprint density at radius 1 is 1.26 bits per heavy atom. The molecule has 0 heterocycles. The number of aliphatic carboxylic acids is 1. The van der Waals surface area contributed by atoms with Crippen molar-refractivity contribution in [3.8, 4) is 0 Å². The van der Waals surface area contributed by atoms with Crippen molar-refractivity contribution in [3.05, 3.63) is 35.6 Å². The second-order valence-electron chi connectivity index (χ2n) is 4.61. The van der Waals surface area contributed by atoms with E-state index in [2.05, 4.69) is 10.6 Å². The monoisotopic (exact) mass is 266 g/mol. The first-order valence-electron chi connectivity index (χ1n) is 6.06. The van der Waals surface area contributed by atoms with Crippen LogP contribution in [0.1, 0.15) is 24.8 Å². The molecule has 1 saturated carbocycles. The SMILES string of the molecule is O=C(O)CCNC(=O)NC1(c2ccc(F)cc2)CC1. The van der Waals surface area contributed by atoms with E-state index >= 15 is 0 Å². The Hall–Kier alpha value is -2.11. The van der Waals surface area contributed by atoms with E-state index < -0.39 is 17.5 Å². The molecule has 19 heavy (non-hydrogen) atoms. The number of amides is 2. The number of carboxylic acid groups (broad SMARTS) is 1. The summed E-state index contributed by atoms with van der Waals surface area (Å²) in [5.74, 6) is -1.27. The third-order valence-electron chi connectivity index (χ3n) is 3.12. The fourth-order valence-corrected chi connectivity index (χ4v) is 1.92. The molecular weight excluding hydrogens is 251 g/mol. The van der Waals surface area contributed by atoms with Crippen LogP contribution in [0.2, 0.25) is 0 Å². The van der Waals surface area contributed by atoms with Crippen molar-refractivity contribution in [3.63, 3.8) is 0 Å². The van der Waals surface area contributed by atoms with Gasteiger partial charge in [-0.3, -0.25) is 4.79 Å². The molecule has 2 amide bonds. The van der Waals surface area contributed by atoms with Gasteiger partial charge in [0.2, 0.25) is 0 Å². The summed E-state index contributed by atoms with van der Waals surface area (Å²) in [7, 11) is 0. The largest absolute Gasteiger partial charge is 0.481 e. The number of carbonyl (C=O) groups is 2. The molecule has 1 aromatic carbocycles. The van der Waals surface area contributed by atoms with Gasteiger partial charge in [-0.15, -0.1) is 0 Å². The highest BCUT2D eigenvalue weighted by molar-refractivity contribution is 5.76. The summed E-state index contributed by atoms with van der Waals surface area (Å²) in [6.45, 7) is 0.0840. The molecule has 1 aliphatic rings. The van der Waals surface area contributed by atoms with E-state index in [4.69, 9.17) is 5.11 Å². The van der Waals surface area contributed by atoms with Gasteiger partial charge in [-0.05, 0) is 30.5 Å². The maximum absolute atomic E-state index is 12.8. The topological polar surface area (TPSA) is 78.4 Å². The minimum Gasteiger partial charge on any atom is -0.481 e. The second-order valence-corrected chi connectivity index (χ2v) is 4.61. The van der Waals surface area contributed by atoms with Crippen LogP contribution in [0.5, 0.6) is 0 Å². The van der Waals surface area contributed by atoms with Gasteiger partial charge in [0.1, 0.15) is 5.82 Å². The summed E-state index contributed by atoms with van der Waals surface area (Å²) < 4.78 is 12.8. The van der Waals surface area contributed by atoms with Crippen LogP contribution in [-0.2, 0) is 10.3 Å². The molecule has 0 bridgehead atoms. The molecule has 5 nitrogen and oxygen atoms in total. The number of rotatable bonds is 5. The van der Waals surface area contributed by atoms with Crippen LogP contribution in [0.15, 0.2) is 24.3 Å². The molecule has 0 saturated heterocycles. The van der Waals surface area contributed by atoms with Crippen molar-refractivity contribution in [2.75, 3.05) is 6.54 Å². The van der Waals surface area contributed by atoms with E-state index in [1.54, 1.807) is 12.1 Å².